The van der Waals surface area contributed by atoms with Crippen molar-refractivity contribution in [2.45, 2.75) is 105 Å². The number of fused-ring (bicyclic) bond motifs is 1. The van der Waals surface area contributed by atoms with Crippen molar-refractivity contribution in [2.75, 3.05) is 45.1 Å². The number of nitriles is 1. The summed E-state index contributed by atoms with van der Waals surface area (Å²) in [6.45, 7) is 24.1. The van der Waals surface area contributed by atoms with Crippen LogP contribution in [-0.2, 0) is 9.59 Å². The van der Waals surface area contributed by atoms with Crippen molar-refractivity contribution in [3.63, 3.8) is 0 Å². The Morgan fingerprint density at radius 1 is 1.02 bits per heavy atom. The standard InChI is InChI=1S/C28H39N5O2S.C7H11NO.C3H8.C2H6/c1-6-16-33(8-3)17-15-30-27(35)25-11-10-24-20-26(13-12-23(24)19-25)31-22(4)28(21-34,32(5)7-2)36-18-9-14-29;1-4-7(5-2)8-6(3)9;1-3-2;1-2/h9-13,18-22,31H,6-8,15-17H2,1-5H3,(H,30,35);1,7H,5H2,2-3H3,(H,8,9);3H2,1-2H3;1-2H3/b18-9+;;;. The Bertz CT molecular complexity index is 1370. The topological polar surface area (TPSA) is 118 Å². The van der Waals surface area contributed by atoms with Crippen molar-refractivity contribution in [3.05, 3.63) is 53.4 Å². The van der Waals surface area contributed by atoms with Gasteiger partial charge in [-0.25, -0.2) is 0 Å². The van der Waals surface area contributed by atoms with Gasteiger partial charge in [-0.2, -0.15) is 5.26 Å². The number of carbonyl (C=O) groups excluding carboxylic acids is 3. The summed E-state index contributed by atoms with van der Waals surface area (Å²) in [5.41, 5.74) is 1.52. The number of nitrogens with zero attached hydrogens (tertiary/aromatic N) is 3. The minimum Gasteiger partial charge on any atom is -0.379 e. The van der Waals surface area contributed by atoms with E-state index in [1.54, 1.807) is 5.41 Å². The van der Waals surface area contributed by atoms with E-state index in [4.69, 9.17) is 11.7 Å². The average Bonchev–Trinajstić information content (AvgIpc) is 3.12. The highest BCUT2D eigenvalue weighted by molar-refractivity contribution is 8.04. The molecule has 2 aromatic rings. The van der Waals surface area contributed by atoms with Gasteiger partial charge in [0.15, 0.2) is 6.29 Å². The van der Waals surface area contributed by atoms with E-state index in [0.717, 1.165) is 55.2 Å². The third-order valence-electron chi connectivity index (χ3n) is 7.43. The summed E-state index contributed by atoms with van der Waals surface area (Å²) < 4.78 is 0. The second kappa shape index (κ2) is 29.0. The van der Waals surface area contributed by atoms with Gasteiger partial charge in [0.2, 0.25) is 5.91 Å². The molecular formula is C40H64N6O3S. The Labute approximate surface area is 308 Å². The van der Waals surface area contributed by atoms with Gasteiger partial charge in [-0.3, -0.25) is 14.5 Å². The summed E-state index contributed by atoms with van der Waals surface area (Å²) in [4.78, 5) is 38.7. The van der Waals surface area contributed by atoms with Crippen molar-refractivity contribution in [1.82, 2.24) is 20.4 Å². The van der Waals surface area contributed by atoms with Crippen LogP contribution >= 0.6 is 11.8 Å². The van der Waals surface area contributed by atoms with Gasteiger partial charge in [0.05, 0.1) is 18.2 Å². The van der Waals surface area contributed by atoms with Crippen LogP contribution in [0, 0.1) is 23.7 Å². The molecule has 0 heterocycles. The summed E-state index contributed by atoms with van der Waals surface area (Å²) in [7, 11) is 1.90. The minimum absolute atomic E-state index is 0.0684. The Kier molecular flexibility index (Phi) is 28.0. The second-order valence-corrected chi connectivity index (χ2v) is 12.5. The predicted molar refractivity (Wildman–Crippen MR) is 215 cm³/mol. The van der Waals surface area contributed by atoms with Gasteiger partial charge in [-0.1, -0.05) is 79.9 Å². The summed E-state index contributed by atoms with van der Waals surface area (Å²) in [6.07, 6.45) is 10.5. The number of nitrogens with one attached hydrogen (secondary N) is 3. The van der Waals surface area contributed by atoms with E-state index in [0.29, 0.717) is 18.7 Å². The molecule has 0 saturated heterocycles. The van der Waals surface area contributed by atoms with Crippen molar-refractivity contribution in [1.29, 1.82) is 5.26 Å². The maximum absolute atomic E-state index is 12.7. The third kappa shape index (κ3) is 17.7. The van der Waals surface area contributed by atoms with Gasteiger partial charge in [0.1, 0.15) is 4.87 Å². The third-order valence-corrected chi connectivity index (χ3v) is 8.84. The van der Waals surface area contributed by atoms with Gasteiger partial charge < -0.3 is 25.6 Å². The Morgan fingerprint density at radius 3 is 2.12 bits per heavy atom. The van der Waals surface area contributed by atoms with E-state index in [-0.39, 0.29) is 23.9 Å². The maximum Gasteiger partial charge on any atom is 0.251 e. The highest BCUT2D eigenvalue weighted by atomic mass is 32.2. The summed E-state index contributed by atoms with van der Waals surface area (Å²) in [5, 5.41) is 21.6. The molecule has 0 aromatic heterocycles. The van der Waals surface area contributed by atoms with Crippen molar-refractivity contribution in [2.24, 2.45) is 0 Å². The zero-order valence-electron chi connectivity index (χ0n) is 32.6. The Hall–Kier alpha value is -3.83. The molecule has 10 heteroatoms. The van der Waals surface area contributed by atoms with Crippen molar-refractivity contribution in [3.8, 4) is 18.4 Å². The first-order valence-corrected chi connectivity index (χ1v) is 18.8. The molecule has 3 atom stereocenters. The first kappa shape index (κ1) is 48.3. The molecule has 3 N–H and O–H groups in total. The summed E-state index contributed by atoms with van der Waals surface area (Å²) in [5.74, 6) is 2.31. The number of anilines is 1. The average molecular weight is 709 g/mol. The van der Waals surface area contributed by atoms with Crippen LogP contribution in [0.4, 0.5) is 5.69 Å². The molecule has 0 fully saturated rings. The lowest BCUT2D eigenvalue weighted by Gasteiger charge is -2.40. The molecule has 3 unspecified atom stereocenters. The number of carbonyl (C=O) groups is 3. The highest BCUT2D eigenvalue weighted by Gasteiger charge is 2.40. The van der Waals surface area contributed by atoms with E-state index in [2.05, 4.69) is 54.5 Å². The molecule has 50 heavy (non-hydrogen) atoms. The monoisotopic (exact) mass is 708 g/mol. The predicted octanol–water partition coefficient (Wildman–Crippen LogP) is 7.70. The van der Waals surface area contributed by atoms with Crippen molar-refractivity contribution >= 4 is 46.3 Å². The smallest absolute Gasteiger partial charge is 0.251 e. The van der Waals surface area contributed by atoms with Crippen LogP contribution in [0.1, 0.15) is 98.9 Å². The van der Waals surface area contributed by atoms with Gasteiger partial charge in [-0.15, -0.1) is 18.2 Å². The molecule has 2 amide bonds. The molecule has 2 aromatic carbocycles. The number of benzene rings is 2. The van der Waals surface area contributed by atoms with Gasteiger partial charge >= 0.3 is 0 Å². The van der Waals surface area contributed by atoms with Gasteiger partial charge in [0.25, 0.3) is 5.91 Å². The molecule has 0 aliphatic carbocycles. The van der Waals surface area contributed by atoms with Crippen molar-refractivity contribution < 1.29 is 14.4 Å². The van der Waals surface area contributed by atoms with Gasteiger partial charge in [0, 0.05) is 37.3 Å². The number of hydrogen-bond acceptors (Lipinski definition) is 8. The van der Waals surface area contributed by atoms with Crippen LogP contribution in [0.2, 0.25) is 0 Å². The number of amides is 2. The number of allylic oxidation sites excluding steroid dienone is 1. The molecule has 0 aliphatic rings. The number of likely N-dealkylation sites (N-methyl/N-ethyl adjacent to an activating group) is 2. The molecule has 9 nitrogen and oxygen atoms in total. The first-order chi connectivity index (χ1) is 24.0. The number of terminal acetylenes is 1. The fraction of sp³-hybridized carbons (Fsp3) is 0.550. The molecule has 278 valence electrons. The largest absolute Gasteiger partial charge is 0.379 e. The van der Waals surface area contributed by atoms with Crippen LogP contribution in [0.25, 0.3) is 10.8 Å². The molecule has 0 spiro atoms. The zero-order valence-corrected chi connectivity index (χ0v) is 33.4. The number of rotatable bonds is 17. The maximum atomic E-state index is 12.7. The van der Waals surface area contributed by atoms with E-state index >= 15 is 0 Å². The first-order valence-electron chi connectivity index (χ1n) is 17.9. The normalized spacial score (nSPS) is 12.7. The van der Waals surface area contributed by atoms with E-state index < -0.39 is 4.87 Å². The summed E-state index contributed by atoms with van der Waals surface area (Å²) in [6, 6.07) is 13.3. The Morgan fingerprint density at radius 2 is 1.64 bits per heavy atom. The number of aldehydes is 1. The molecule has 0 saturated carbocycles. The Balaban J connectivity index is 0. The lowest BCUT2D eigenvalue weighted by Crippen LogP contribution is -2.55. The number of hydrogen-bond donors (Lipinski definition) is 3. The molecule has 0 aliphatic heterocycles. The van der Waals surface area contributed by atoms with Crippen LogP contribution < -0.4 is 16.0 Å². The highest BCUT2D eigenvalue weighted by Crippen LogP contribution is 2.33. The number of thioether (sulfide) groups is 1. The molecule has 2 rings (SSSR count). The van der Waals surface area contributed by atoms with E-state index in [1.807, 2.05) is 89.0 Å². The quantitative estimate of drug-likeness (QED) is 0.0663. The van der Waals surface area contributed by atoms with Crippen LogP contribution in [0.15, 0.2) is 47.9 Å². The molecule has 0 radical (unpaired) electrons. The van der Waals surface area contributed by atoms with Gasteiger partial charge in [-0.05, 0) is 86.9 Å². The van der Waals surface area contributed by atoms with Crippen LogP contribution in [-0.4, -0.2) is 84.6 Å². The van der Waals surface area contributed by atoms with E-state index in [9.17, 15) is 14.4 Å². The lowest BCUT2D eigenvalue weighted by atomic mass is 10.0. The fourth-order valence-corrected chi connectivity index (χ4v) is 5.65. The van der Waals surface area contributed by atoms with Crippen LogP contribution in [0.3, 0.4) is 0 Å². The molecular weight excluding hydrogens is 645 g/mol. The second-order valence-electron chi connectivity index (χ2n) is 11.3. The SMILES string of the molecule is C#CC(CC)NC(C)=O.CC.CCC.CCCN(CC)CCNC(=O)c1ccc2cc(NC(C)C(C=O)(S/C=C/C#N)N(C)CC)ccc2c1. The lowest BCUT2D eigenvalue weighted by molar-refractivity contribution is -0.119. The fourth-order valence-electron chi connectivity index (χ4n) is 4.67. The minimum atomic E-state index is -0.872. The molecule has 0 bridgehead atoms. The van der Waals surface area contributed by atoms with E-state index in [1.165, 1.54) is 31.2 Å². The zero-order chi connectivity index (χ0) is 38.5. The van der Waals surface area contributed by atoms with Crippen LogP contribution in [0.5, 0.6) is 0 Å². The summed E-state index contributed by atoms with van der Waals surface area (Å²) >= 11 is 1.32.